The molecule has 0 saturated heterocycles. The Labute approximate surface area is 128 Å². The van der Waals surface area contributed by atoms with E-state index in [1.807, 2.05) is 0 Å². The first kappa shape index (κ1) is 16.9. The number of benzene rings is 1. The molecular formula is C15H11F5N2O. The summed E-state index contributed by atoms with van der Waals surface area (Å²) < 4.78 is 66.5. The molecule has 0 bridgehead atoms. The topological polar surface area (TPSA) is 42.0 Å². The SMILES string of the molecule is O=C(Cc1cccnc1)N[C@@H](c1c(F)cccc1F)C(F)(F)F. The van der Waals surface area contributed by atoms with Crippen LogP contribution in [0, 0.1) is 11.6 Å². The summed E-state index contributed by atoms with van der Waals surface area (Å²) in [6.45, 7) is 0. The lowest BCUT2D eigenvalue weighted by Crippen LogP contribution is -2.40. The van der Waals surface area contributed by atoms with Crippen LogP contribution in [0.1, 0.15) is 17.2 Å². The molecule has 1 atom stereocenters. The highest BCUT2D eigenvalue weighted by Crippen LogP contribution is 2.35. The molecule has 1 amide bonds. The molecule has 0 spiro atoms. The van der Waals surface area contributed by atoms with Crippen LogP contribution in [0.3, 0.4) is 0 Å². The number of aromatic nitrogens is 1. The Bertz CT molecular complexity index is 668. The van der Waals surface area contributed by atoms with Gasteiger partial charge in [-0.3, -0.25) is 9.78 Å². The maximum Gasteiger partial charge on any atom is 0.413 e. The standard InChI is InChI=1S/C15H11F5N2O/c16-10-4-1-5-11(17)13(10)14(15(18,19)20)22-12(23)7-9-3-2-6-21-8-9/h1-6,8,14H,7H2,(H,22,23)/t14-/m0/s1. The largest absolute Gasteiger partial charge is 0.413 e. The van der Waals surface area contributed by atoms with E-state index in [0.29, 0.717) is 17.7 Å². The average molecular weight is 330 g/mol. The Balaban J connectivity index is 2.25. The predicted octanol–water partition coefficient (Wildman–Crippen LogP) is 3.32. The van der Waals surface area contributed by atoms with Crippen LogP contribution < -0.4 is 5.32 Å². The van der Waals surface area contributed by atoms with Crippen molar-refractivity contribution in [3.63, 3.8) is 0 Å². The van der Waals surface area contributed by atoms with Crippen molar-refractivity contribution in [1.82, 2.24) is 10.3 Å². The fourth-order valence-electron chi connectivity index (χ4n) is 2.00. The summed E-state index contributed by atoms with van der Waals surface area (Å²) in [4.78, 5) is 15.5. The highest BCUT2D eigenvalue weighted by atomic mass is 19.4. The van der Waals surface area contributed by atoms with Gasteiger partial charge in [-0.1, -0.05) is 12.1 Å². The lowest BCUT2D eigenvalue weighted by atomic mass is 10.0. The van der Waals surface area contributed by atoms with Crippen molar-refractivity contribution in [3.05, 3.63) is 65.5 Å². The lowest BCUT2D eigenvalue weighted by Gasteiger charge is -2.23. The number of nitrogens with one attached hydrogen (secondary N) is 1. The number of alkyl halides is 3. The van der Waals surface area contributed by atoms with Gasteiger partial charge in [0.25, 0.3) is 0 Å². The molecule has 1 aromatic carbocycles. The number of hydrogen-bond acceptors (Lipinski definition) is 2. The van der Waals surface area contributed by atoms with E-state index in [4.69, 9.17) is 0 Å². The molecule has 0 unspecified atom stereocenters. The van der Waals surface area contributed by atoms with Crippen LogP contribution >= 0.6 is 0 Å². The molecular weight excluding hydrogens is 319 g/mol. The Morgan fingerprint density at radius 1 is 1.13 bits per heavy atom. The van der Waals surface area contributed by atoms with Gasteiger partial charge in [0, 0.05) is 12.4 Å². The maximum atomic E-state index is 13.6. The third kappa shape index (κ3) is 4.24. The van der Waals surface area contributed by atoms with Gasteiger partial charge in [-0.05, 0) is 23.8 Å². The third-order valence-electron chi connectivity index (χ3n) is 3.01. The number of halogens is 5. The second-order valence-electron chi connectivity index (χ2n) is 4.72. The summed E-state index contributed by atoms with van der Waals surface area (Å²) in [7, 11) is 0. The molecule has 1 heterocycles. The van der Waals surface area contributed by atoms with Gasteiger partial charge in [-0.2, -0.15) is 13.2 Å². The number of hydrogen-bond donors (Lipinski definition) is 1. The van der Waals surface area contributed by atoms with Crippen LogP contribution in [-0.4, -0.2) is 17.1 Å². The minimum atomic E-state index is -5.05. The molecule has 8 heteroatoms. The smallest absolute Gasteiger partial charge is 0.340 e. The molecule has 0 fully saturated rings. The summed E-state index contributed by atoms with van der Waals surface area (Å²) in [6, 6.07) is 2.58. The van der Waals surface area contributed by atoms with Crippen LogP contribution in [0.15, 0.2) is 42.7 Å². The second kappa shape index (κ2) is 6.72. The molecule has 2 rings (SSSR count). The predicted molar refractivity (Wildman–Crippen MR) is 71.2 cm³/mol. The minimum Gasteiger partial charge on any atom is -0.340 e. The van der Waals surface area contributed by atoms with Gasteiger partial charge in [0.2, 0.25) is 5.91 Å². The number of carbonyl (C=O) groups is 1. The van der Waals surface area contributed by atoms with E-state index in [9.17, 15) is 26.7 Å². The van der Waals surface area contributed by atoms with Crippen LogP contribution in [-0.2, 0) is 11.2 Å². The van der Waals surface area contributed by atoms with Crippen molar-refractivity contribution in [2.45, 2.75) is 18.6 Å². The molecule has 1 aromatic heterocycles. The first-order valence-corrected chi connectivity index (χ1v) is 6.48. The zero-order valence-corrected chi connectivity index (χ0v) is 11.6. The van der Waals surface area contributed by atoms with Crippen molar-refractivity contribution < 1.29 is 26.7 Å². The number of pyridine rings is 1. The van der Waals surface area contributed by atoms with E-state index in [1.165, 1.54) is 24.5 Å². The number of rotatable bonds is 4. The van der Waals surface area contributed by atoms with Gasteiger partial charge in [-0.15, -0.1) is 0 Å². The zero-order valence-electron chi connectivity index (χ0n) is 11.6. The Morgan fingerprint density at radius 2 is 1.78 bits per heavy atom. The first-order chi connectivity index (χ1) is 10.8. The molecule has 0 aliphatic rings. The quantitative estimate of drug-likeness (QED) is 0.874. The second-order valence-corrected chi connectivity index (χ2v) is 4.72. The summed E-state index contributed by atoms with van der Waals surface area (Å²) in [6.07, 6.45) is -2.69. The highest BCUT2D eigenvalue weighted by molar-refractivity contribution is 5.79. The van der Waals surface area contributed by atoms with E-state index in [2.05, 4.69) is 4.98 Å². The number of nitrogens with zero attached hydrogens (tertiary/aromatic N) is 1. The van der Waals surface area contributed by atoms with E-state index >= 15 is 0 Å². The summed E-state index contributed by atoms with van der Waals surface area (Å²) >= 11 is 0. The molecule has 1 N–H and O–H groups in total. The summed E-state index contributed by atoms with van der Waals surface area (Å²) in [5.74, 6) is -3.79. The van der Waals surface area contributed by atoms with Crippen LogP contribution in [0.4, 0.5) is 22.0 Å². The third-order valence-corrected chi connectivity index (χ3v) is 3.01. The number of carbonyl (C=O) groups excluding carboxylic acids is 1. The van der Waals surface area contributed by atoms with Gasteiger partial charge in [0.1, 0.15) is 11.6 Å². The van der Waals surface area contributed by atoms with Crippen LogP contribution in [0.5, 0.6) is 0 Å². The normalized spacial score (nSPS) is 12.7. The molecule has 0 aliphatic heterocycles. The highest BCUT2D eigenvalue weighted by Gasteiger charge is 2.44. The molecule has 3 nitrogen and oxygen atoms in total. The van der Waals surface area contributed by atoms with E-state index in [1.54, 1.807) is 5.32 Å². The van der Waals surface area contributed by atoms with Gasteiger partial charge < -0.3 is 5.32 Å². The van der Waals surface area contributed by atoms with Crippen LogP contribution in [0.2, 0.25) is 0 Å². The van der Waals surface area contributed by atoms with Gasteiger partial charge >= 0.3 is 6.18 Å². The summed E-state index contributed by atoms with van der Waals surface area (Å²) in [5.41, 5.74) is -0.862. The molecule has 0 radical (unpaired) electrons. The monoisotopic (exact) mass is 330 g/mol. The van der Waals surface area contributed by atoms with Gasteiger partial charge in [0.05, 0.1) is 12.0 Å². The lowest BCUT2D eigenvalue weighted by molar-refractivity contribution is -0.164. The van der Waals surface area contributed by atoms with Gasteiger partial charge in [0.15, 0.2) is 6.04 Å². The maximum absolute atomic E-state index is 13.6. The molecule has 0 aliphatic carbocycles. The van der Waals surface area contributed by atoms with E-state index in [0.717, 1.165) is 6.07 Å². The van der Waals surface area contributed by atoms with Crippen LogP contribution in [0.25, 0.3) is 0 Å². The fourth-order valence-corrected chi connectivity index (χ4v) is 2.00. The summed E-state index contributed by atoms with van der Waals surface area (Å²) in [5, 5.41) is 1.63. The Kier molecular flexibility index (Phi) is 4.92. The Hall–Kier alpha value is -2.51. The zero-order chi connectivity index (χ0) is 17.0. The molecule has 122 valence electrons. The van der Waals surface area contributed by atoms with Gasteiger partial charge in [-0.25, -0.2) is 8.78 Å². The first-order valence-electron chi connectivity index (χ1n) is 6.48. The fraction of sp³-hybridized carbons (Fsp3) is 0.200. The van der Waals surface area contributed by atoms with E-state index < -0.39 is 41.7 Å². The average Bonchev–Trinajstić information content (AvgIpc) is 2.46. The molecule has 23 heavy (non-hydrogen) atoms. The Morgan fingerprint density at radius 3 is 2.30 bits per heavy atom. The van der Waals surface area contributed by atoms with Crippen molar-refractivity contribution in [3.8, 4) is 0 Å². The van der Waals surface area contributed by atoms with Crippen molar-refractivity contribution in [2.24, 2.45) is 0 Å². The molecule has 2 aromatic rings. The van der Waals surface area contributed by atoms with E-state index in [-0.39, 0.29) is 0 Å². The molecule has 0 saturated carbocycles. The van der Waals surface area contributed by atoms with Crippen molar-refractivity contribution in [1.29, 1.82) is 0 Å². The van der Waals surface area contributed by atoms with Crippen molar-refractivity contribution in [2.75, 3.05) is 0 Å². The number of amides is 1. The minimum absolute atomic E-state index is 0.375. The van der Waals surface area contributed by atoms with Crippen molar-refractivity contribution >= 4 is 5.91 Å².